The molecule has 0 aromatic heterocycles. The van der Waals surface area contributed by atoms with Crippen LogP contribution in [0.5, 0.6) is 0 Å². The van der Waals surface area contributed by atoms with Crippen molar-refractivity contribution in [3.63, 3.8) is 0 Å². The van der Waals surface area contributed by atoms with Crippen molar-refractivity contribution in [2.24, 2.45) is 4.99 Å². The summed E-state index contributed by atoms with van der Waals surface area (Å²) in [5.74, 6) is 0.977. The number of rotatable bonds is 7. The van der Waals surface area contributed by atoms with Crippen LogP contribution in [-0.4, -0.2) is 56.9 Å². The van der Waals surface area contributed by atoms with Crippen LogP contribution in [0.25, 0.3) is 0 Å². The number of guanidine groups is 1. The Labute approximate surface area is 146 Å². The number of ether oxygens (including phenoxy) is 2. The second kappa shape index (κ2) is 10.3. The van der Waals surface area contributed by atoms with E-state index in [9.17, 15) is 0 Å². The van der Waals surface area contributed by atoms with Gasteiger partial charge in [-0.2, -0.15) is 0 Å². The average Bonchev–Trinajstić information content (AvgIpc) is 2.63. The fraction of sp³-hybridized carbons (Fsp3) is 0.632. The van der Waals surface area contributed by atoms with Gasteiger partial charge in [-0.3, -0.25) is 4.99 Å². The van der Waals surface area contributed by atoms with Crippen LogP contribution in [0.4, 0.5) is 0 Å². The molecule has 1 aromatic rings. The van der Waals surface area contributed by atoms with Gasteiger partial charge in [0.2, 0.25) is 0 Å². The lowest BCUT2D eigenvalue weighted by Crippen LogP contribution is -2.47. The summed E-state index contributed by atoms with van der Waals surface area (Å²) in [7, 11) is 1.74. The number of hydrogen-bond donors (Lipinski definition) is 1. The van der Waals surface area contributed by atoms with Crippen LogP contribution >= 0.6 is 0 Å². The number of piperidine rings is 1. The summed E-state index contributed by atoms with van der Waals surface area (Å²) in [5.41, 5.74) is 1.16. The fourth-order valence-corrected chi connectivity index (χ4v) is 3.05. The molecule has 134 valence electrons. The summed E-state index contributed by atoms with van der Waals surface area (Å²) in [6.07, 6.45) is 2.50. The van der Waals surface area contributed by atoms with Gasteiger partial charge in [0.1, 0.15) is 6.10 Å². The van der Waals surface area contributed by atoms with Crippen LogP contribution in [0, 0.1) is 0 Å². The van der Waals surface area contributed by atoms with Crippen molar-refractivity contribution in [3.8, 4) is 0 Å². The first-order valence-corrected chi connectivity index (χ1v) is 9.01. The summed E-state index contributed by atoms with van der Waals surface area (Å²) in [6, 6.07) is 10.3. The van der Waals surface area contributed by atoms with E-state index in [-0.39, 0.29) is 6.10 Å². The number of hydrogen-bond acceptors (Lipinski definition) is 3. The first kappa shape index (κ1) is 18.7. The first-order valence-electron chi connectivity index (χ1n) is 9.01. The lowest BCUT2D eigenvalue weighted by atomic mass is 10.1. The van der Waals surface area contributed by atoms with Crippen molar-refractivity contribution in [2.45, 2.75) is 38.9 Å². The molecule has 1 atom stereocenters. The van der Waals surface area contributed by atoms with E-state index in [1.54, 1.807) is 7.11 Å². The van der Waals surface area contributed by atoms with E-state index in [4.69, 9.17) is 14.5 Å². The lowest BCUT2D eigenvalue weighted by molar-refractivity contribution is 0.0263. The minimum atomic E-state index is -0.0131. The minimum absolute atomic E-state index is 0.0131. The molecule has 1 fully saturated rings. The molecule has 1 N–H and O–H groups in total. The summed E-state index contributed by atoms with van der Waals surface area (Å²) in [5, 5.41) is 3.41. The van der Waals surface area contributed by atoms with Crippen molar-refractivity contribution in [1.29, 1.82) is 0 Å². The molecule has 0 amide bonds. The molecule has 0 aliphatic carbocycles. The summed E-state index contributed by atoms with van der Waals surface area (Å²) < 4.78 is 11.4. The third kappa shape index (κ3) is 5.49. The molecule has 5 nitrogen and oxygen atoms in total. The third-order valence-electron chi connectivity index (χ3n) is 4.34. The van der Waals surface area contributed by atoms with Gasteiger partial charge in [-0.05, 0) is 32.3 Å². The zero-order chi connectivity index (χ0) is 17.2. The molecule has 24 heavy (non-hydrogen) atoms. The van der Waals surface area contributed by atoms with Gasteiger partial charge in [0.25, 0.3) is 0 Å². The number of methoxy groups -OCH3 is 1. The Morgan fingerprint density at radius 2 is 1.96 bits per heavy atom. The monoisotopic (exact) mass is 333 g/mol. The van der Waals surface area contributed by atoms with Crippen LogP contribution in [0.2, 0.25) is 0 Å². The predicted octanol–water partition coefficient (Wildman–Crippen LogP) is 2.84. The van der Waals surface area contributed by atoms with E-state index >= 15 is 0 Å². The van der Waals surface area contributed by atoms with Crippen LogP contribution in [-0.2, 0) is 9.47 Å². The topological polar surface area (TPSA) is 46.1 Å². The molecule has 1 aliphatic rings. The second-order valence-corrected chi connectivity index (χ2v) is 5.97. The number of aliphatic imine (C=N–C) groups is 1. The highest BCUT2D eigenvalue weighted by molar-refractivity contribution is 5.80. The smallest absolute Gasteiger partial charge is 0.194 e. The van der Waals surface area contributed by atoms with Crippen molar-refractivity contribution < 1.29 is 9.47 Å². The molecule has 2 rings (SSSR count). The van der Waals surface area contributed by atoms with Gasteiger partial charge in [0.05, 0.1) is 12.6 Å². The molecule has 0 saturated carbocycles. The fourth-order valence-electron chi connectivity index (χ4n) is 3.05. The second-order valence-electron chi connectivity index (χ2n) is 5.97. The molecule has 0 bridgehead atoms. The van der Waals surface area contributed by atoms with Crippen molar-refractivity contribution in [2.75, 3.05) is 39.9 Å². The lowest BCUT2D eigenvalue weighted by Gasteiger charge is -2.34. The highest BCUT2D eigenvalue weighted by Crippen LogP contribution is 2.17. The van der Waals surface area contributed by atoms with Gasteiger partial charge >= 0.3 is 0 Å². The van der Waals surface area contributed by atoms with E-state index in [0.717, 1.165) is 50.6 Å². The Morgan fingerprint density at radius 3 is 2.54 bits per heavy atom. The molecule has 1 heterocycles. The Morgan fingerprint density at radius 1 is 1.25 bits per heavy atom. The number of benzene rings is 1. The largest absolute Gasteiger partial charge is 0.378 e. The van der Waals surface area contributed by atoms with Gasteiger partial charge < -0.3 is 19.7 Å². The van der Waals surface area contributed by atoms with Crippen LogP contribution in [0.3, 0.4) is 0 Å². The molecule has 1 unspecified atom stereocenters. The minimum Gasteiger partial charge on any atom is -0.378 e. The summed E-state index contributed by atoms with van der Waals surface area (Å²) >= 11 is 0. The Kier molecular flexibility index (Phi) is 8.05. The third-order valence-corrected chi connectivity index (χ3v) is 4.34. The molecular weight excluding hydrogens is 302 g/mol. The number of nitrogens with one attached hydrogen (secondary N) is 1. The standard InChI is InChI=1S/C19H31N3O2/c1-4-20-19(22-13-11-17(12-14-22)24-5-2)21-15-18(23-3)16-9-7-6-8-10-16/h6-10,17-18H,4-5,11-15H2,1-3H3,(H,20,21). The molecule has 0 radical (unpaired) electrons. The normalized spacial score (nSPS) is 17.8. The van der Waals surface area contributed by atoms with E-state index in [0.29, 0.717) is 12.6 Å². The average molecular weight is 333 g/mol. The van der Waals surface area contributed by atoms with Crippen LogP contribution in [0.1, 0.15) is 38.4 Å². The quantitative estimate of drug-likeness (QED) is 0.616. The predicted molar refractivity (Wildman–Crippen MR) is 98.4 cm³/mol. The summed E-state index contributed by atoms with van der Waals surface area (Å²) in [6.45, 7) is 8.42. The van der Waals surface area contributed by atoms with E-state index < -0.39 is 0 Å². The molecular formula is C19H31N3O2. The number of nitrogens with zero attached hydrogens (tertiary/aromatic N) is 2. The highest BCUT2D eigenvalue weighted by Gasteiger charge is 2.22. The van der Waals surface area contributed by atoms with Crippen molar-refractivity contribution in [3.05, 3.63) is 35.9 Å². The molecule has 1 saturated heterocycles. The Bertz CT molecular complexity index is 485. The first-order chi connectivity index (χ1) is 11.8. The van der Waals surface area contributed by atoms with Gasteiger partial charge in [-0.1, -0.05) is 30.3 Å². The zero-order valence-corrected chi connectivity index (χ0v) is 15.2. The van der Waals surface area contributed by atoms with Crippen molar-refractivity contribution in [1.82, 2.24) is 10.2 Å². The Balaban J connectivity index is 1.97. The maximum absolute atomic E-state index is 5.74. The van der Waals surface area contributed by atoms with E-state index in [1.165, 1.54) is 0 Å². The molecule has 5 heteroatoms. The van der Waals surface area contributed by atoms with Gasteiger partial charge in [-0.15, -0.1) is 0 Å². The molecule has 1 aliphatic heterocycles. The summed E-state index contributed by atoms with van der Waals surface area (Å²) in [4.78, 5) is 7.15. The van der Waals surface area contributed by atoms with Gasteiger partial charge in [0, 0.05) is 33.4 Å². The SMILES string of the molecule is CCNC(=NCC(OC)c1ccccc1)N1CCC(OCC)CC1. The highest BCUT2D eigenvalue weighted by atomic mass is 16.5. The van der Waals surface area contributed by atoms with Gasteiger partial charge in [-0.25, -0.2) is 0 Å². The Hall–Kier alpha value is -1.59. The van der Waals surface area contributed by atoms with E-state index in [2.05, 4.69) is 36.2 Å². The molecule has 0 spiro atoms. The van der Waals surface area contributed by atoms with Crippen molar-refractivity contribution >= 4 is 5.96 Å². The van der Waals surface area contributed by atoms with Crippen LogP contribution < -0.4 is 5.32 Å². The van der Waals surface area contributed by atoms with Gasteiger partial charge in [0.15, 0.2) is 5.96 Å². The van der Waals surface area contributed by atoms with Crippen LogP contribution in [0.15, 0.2) is 35.3 Å². The molecule has 1 aromatic carbocycles. The maximum Gasteiger partial charge on any atom is 0.194 e. The number of likely N-dealkylation sites (tertiary alicyclic amines) is 1. The maximum atomic E-state index is 5.74. The zero-order valence-electron chi connectivity index (χ0n) is 15.2. The van der Waals surface area contributed by atoms with E-state index in [1.807, 2.05) is 18.2 Å².